The molecule has 1 aromatic heterocycles. The summed E-state index contributed by atoms with van der Waals surface area (Å²) in [5.41, 5.74) is 3.43. The average molecular weight is 285 g/mol. The molecule has 0 atom stereocenters. The van der Waals surface area contributed by atoms with Crippen LogP contribution < -0.4 is 5.32 Å². The third-order valence-corrected chi connectivity index (χ3v) is 4.06. The molecule has 112 valence electrons. The van der Waals surface area contributed by atoms with Gasteiger partial charge in [-0.25, -0.2) is 4.98 Å². The first-order valence-electron chi connectivity index (χ1n) is 7.87. The second-order valence-electron chi connectivity index (χ2n) is 5.74. The van der Waals surface area contributed by atoms with E-state index >= 15 is 0 Å². The minimum absolute atomic E-state index is 0.275. The van der Waals surface area contributed by atoms with Crippen LogP contribution >= 0.6 is 0 Å². The maximum absolute atomic E-state index is 9.44. The van der Waals surface area contributed by atoms with Crippen LogP contribution in [0.5, 0.6) is 5.75 Å². The highest BCUT2D eigenvalue weighted by Crippen LogP contribution is 2.19. The number of nitrogens with zero attached hydrogens (tertiary/aromatic N) is 1. The number of nitrogens with one attached hydrogen (secondary N) is 2. The van der Waals surface area contributed by atoms with Gasteiger partial charge in [-0.3, -0.25) is 0 Å². The van der Waals surface area contributed by atoms with Crippen LogP contribution in [0.2, 0.25) is 0 Å². The average Bonchev–Trinajstić information content (AvgIpc) is 2.90. The van der Waals surface area contributed by atoms with E-state index in [0.717, 1.165) is 36.4 Å². The Kier molecular flexibility index (Phi) is 4.55. The smallest absolute Gasteiger partial charge is 0.117 e. The predicted octanol–water partition coefficient (Wildman–Crippen LogP) is 3.29. The standard InChI is InChI=1S/C17H23N3O/c21-14-6-7-15-16(12-14)20-17(19-15)9-11-18-10-8-13-4-2-1-3-5-13/h4,6-7,12,18,21H,1-3,5,8-11H2,(H,19,20). The second kappa shape index (κ2) is 6.76. The fraction of sp³-hybridized carbons (Fsp3) is 0.471. The molecule has 1 heterocycles. The van der Waals surface area contributed by atoms with Crippen molar-refractivity contribution in [1.29, 1.82) is 0 Å². The molecule has 4 nitrogen and oxygen atoms in total. The molecule has 0 fully saturated rings. The molecule has 0 saturated heterocycles. The molecule has 1 aliphatic rings. The van der Waals surface area contributed by atoms with Crippen molar-refractivity contribution in [2.45, 2.75) is 38.5 Å². The number of aromatic nitrogens is 2. The third kappa shape index (κ3) is 3.85. The van der Waals surface area contributed by atoms with Gasteiger partial charge >= 0.3 is 0 Å². The van der Waals surface area contributed by atoms with Crippen LogP contribution in [0.25, 0.3) is 11.0 Å². The molecule has 0 saturated carbocycles. The highest BCUT2D eigenvalue weighted by molar-refractivity contribution is 5.76. The van der Waals surface area contributed by atoms with Crippen molar-refractivity contribution in [1.82, 2.24) is 15.3 Å². The number of hydrogen-bond acceptors (Lipinski definition) is 3. The van der Waals surface area contributed by atoms with Gasteiger partial charge in [0.15, 0.2) is 0 Å². The summed E-state index contributed by atoms with van der Waals surface area (Å²) >= 11 is 0. The molecule has 0 radical (unpaired) electrons. The van der Waals surface area contributed by atoms with E-state index in [-0.39, 0.29) is 5.75 Å². The summed E-state index contributed by atoms with van der Waals surface area (Å²) in [6.45, 7) is 1.98. The Morgan fingerprint density at radius 2 is 2.10 bits per heavy atom. The van der Waals surface area contributed by atoms with Crippen molar-refractivity contribution in [2.24, 2.45) is 0 Å². The maximum atomic E-state index is 9.44. The number of phenolic OH excluding ortho intramolecular Hbond substituents is 1. The maximum Gasteiger partial charge on any atom is 0.117 e. The second-order valence-corrected chi connectivity index (χ2v) is 5.74. The van der Waals surface area contributed by atoms with Gasteiger partial charge in [-0.15, -0.1) is 0 Å². The van der Waals surface area contributed by atoms with Gasteiger partial charge in [0, 0.05) is 19.0 Å². The van der Waals surface area contributed by atoms with Gasteiger partial charge in [0.25, 0.3) is 0 Å². The van der Waals surface area contributed by atoms with E-state index in [1.54, 1.807) is 17.7 Å². The van der Waals surface area contributed by atoms with Gasteiger partial charge in [-0.05, 0) is 50.8 Å². The Morgan fingerprint density at radius 1 is 1.19 bits per heavy atom. The zero-order valence-corrected chi connectivity index (χ0v) is 12.4. The highest BCUT2D eigenvalue weighted by Gasteiger charge is 2.04. The lowest BCUT2D eigenvalue weighted by Crippen LogP contribution is -2.19. The van der Waals surface area contributed by atoms with Crippen molar-refractivity contribution in [2.75, 3.05) is 13.1 Å². The van der Waals surface area contributed by atoms with Crippen LogP contribution in [0, 0.1) is 0 Å². The summed E-state index contributed by atoms with van der Waals surface area (Å²) in [7, 11) is 0. The number of rotatable bonds is 6. The van der Waals surface area contributed by atoms with Crippen LogP contribution in [-0.4, -0.2) is 28.2 Å². The van der Waals surface area contributed by atoms with Gasteiger partial charge in [0.2, 0.25) is 0 Å². The first kappa shape index (κ1) is 14.1. The summed E-state index contributed by atoms with van der Waals surface area (Å²) in [5.74, 6) is 1.25. The number of imidazole rings is 1. The number of allylic oxidation sites excluding steroid dienone is 1. The largest absolute Gasteiger partial charge is 0.508 e. The first-order valence-corrected chi connectivity index (χ1v) is 7.87. The lowest BCUT2D eigenvalue weighted by atomic mass is 9.97. The molecule has 2 aromatic rings. The van der Waals surface area contributed by atoms with Crippen LogP contribution in [0.3, 0.4) is 0 Å². The van der Waals surface area contributed by atoms with E-state index in [1.807, 2.05) is 6.07 Å². The van der Waals surface area contributed by atoms with Gasteiger partial charge in [0.1, 0.15) is 11.6 Å². The molecule has 0 bridgehead atoms. The minimum Gasteiger partial charge on any atom is -0.508 e. The molecule has 21 heavy (non-hydrogen) atoms. The third-order valence-electron chi connectivity index (χ3n) is 4.06. The van der Waals surface area contributed by atoms with Crippen molar-refractivity contribution in [3.05, 3.63) is 35.7 Å². The van der Waals surface area contributed by atoms with E-state index in [1.165, 1.54) is 32.1 Å². The van der Waals surface area contributed by atoms with E-state index in [9.17, 15) is 5.11 Å². The number of hydrogen-bond donors (Lipinski definition) is 3. The van der Waals surface area contributed by atoms with Gasteiger partial charge in [-0.2, -0.15) is 0 Å². The van der Waals surface area contributed by atoms with Gasteiger partial charge < -0.3 is 15.4 Å². The van der Waals surface area contributed by atoms with E-state index < -0.39 is 0 Å². The number of phenols is 1. The molecule has 0 spiro atoms. The number of fused-ring (bicyclic) bond motifs is 1. The number of benzene rings is 1. The SMILES string of the molecule is Oc1ccc2nc(CCNCCC3=CCCCC3)[nH]c2c1. The Hall–Kier alpha value is -1.81. The molecule has 0 aliphatic heterocycles. The molecular formula is C17H23N3O. The highest BCUT2D eigenvalue weighted by atomic mass is 16.3. The Balaban J connectivity index is 1.43. The Morgan fingerprint density at radius 3 is 2.95 bits per heavy atom. The molecule has 0 unspecified atom stereocenters. The molecule has 1 aliphatic carbocycles. The monoisotopic (exact) mass is 285 g/mol. The zero-order valence-electron chi connectivity index (χ0n) is 12.4. The molecular weight excluding hydrogens is 262 g/mol. The van der Waals surface area contributed by atoms with Crippen molar-refractivity contribution < 1.29 is 5.11 Å². The summed E-state index contributed by atoms with van der Waals surface area (Å²) in [5, 5.41) is 12.9. The lowest BCUT2D eigenvalue weighted by molar-refractivity contribution is 0.476. The molecule has 0 amide bonds. The number of aromatic amines is 1. The van der Waals surface area contributed by atoms with Crippen molar-refractivity contribution in [3.63, 3.8) is 0 Å². The fourth-order valence-corrected chi connectivity index (χ4v) is 2.88. The molecule has 3 rings (SSSR count). The quantitative estimate of drug-likeness (QED) is 0.564. The van der Waals surface area contributed by atoms with E-state index in [4.69, 9.17) is 0 Å². The zero-order chi connectivity index (χ0) is 14.5. The summed E-state index contributed by atoms with van der Waals surface area (Å²) in [6, 6.07) is 5.23. The Labute approximate surface area is 125 Å². The molecule has 3 N–H and O–H groups in total. The summed E-state index contributed by atoms with van der Waals surface area (Å²) < 4.78 is 0. The van der Waals surface area contributed by atoms with Crippen LogP contribution in [-0.2, 0) is 6.42 Å². The normalized spacial score (nSPS) is 15.3. The minimum atomic E-state index is 0.275. The van der Waals surface area contributed by atoms with Crippen molar-refractivity contribution >= 4 is 11.0 Å². The molecule has 1 aromatic carbocycles. The summed E-state index contributed by atoms with van der Waals surface area (Å²) in [6.07, 6.45) is 9.74. The topological polar surface area (TPSA) is 60.9 Å². The number of aromatic hydroxyl groups is 1. The van der Waals surface area contributed by atoms with Crippen LogP contribution in [0.4, 0.5) is 0 Å². The number of H-pyrrole nitrogens is 1. The van der Waals surface area contributed by atoms with Crippen LogP contribution in [0.1, 0.15) is 37.9 Å². The van der Waals surface area contributed by atoms with E-state index in [0.29, 0.717) is 0 Å². The predicted molar refractivity (Wildman–Crippen MR) is 85.5 cm³/mol. The van der Waals surface area contributed by atoms with Crippen LogP contribution in [0.15, 0.2) is 29.8 Å². The summed E-state index contributed by atoms with van der Waals surface area (Å²) in [4.78, 5) is 7.78. The van der Waals surface area contributed by atoms with Gasteiger partial charge in [-0.1, -0.05) is 11.6 Å². The van der Waals surface area contributed by atoms with Gasteiger partial charge in [0.05, 0.1) is 11.0 Å². The lowest BCUT2D eigenvalue weighted by Gasteiger charge is -2.12. The molecule has 4 heteroatoms. The van der Waals surface area contributed by atoms with Crippen molar-refractivity contribution in [3.8, 4) is 5.75 Å². The Bertz CT molecular complexity index is 630. The first-order chi connectivity index (χ1) is 10.3. The van der Waals surface area contributed by atoms with E-state index in [2.05, 4.69) is 21.4 Å². The fourth-order valence-electron chi connectivity index (χ4n) is 2.88.